The number of benzene rings is 3. The number of carbonyl (C=O) groups excluding carboxylic acids is 1. The Bertz CT molecular complexity index is 1200. The number of rotatable bonds is 5. The van der Waals surface area contributed by atoms with E-state index in [0.717, 1.165) is 16.3 Å². The van der Waals surface area contributed by atoms with Crippen molar-refractivity contribution in [3.8, 4) is 11.3 Å². The first-order chi connectivity index (χ1) is 13.6. The predicted octanol–water partition coefficient (Wildman–Crippen LogP) is 5.90. The van der Waals surface area contributed by atoms with E-state index in [4.69, 9.17) is 4.42 Å². The Hall–Kier alpha value is -3.99. The minimum absolute atomic E-state index is 0.0242. The number of ketones is 1. The van der Waals surface area contributed by atoms with E-state index in [0.29, 0.717) is 17.1 Å². The van der Waals surface area contributed by atoms with Crippen LogP contribution in [-0.2, 0) is 0 Å². The second kappa shape index (κ2) is 7.32. The molecule has 0 unspecified atom stereocenters. The summed E-state index contributed by atoms with van der Waals surface area (Å²) >= 11 is 0. The monoisotopic (exact) mass is 369 g/mol. The molecule has 0 atom stereocenters. The summed E-state index contributed by atoms with van der Waals surface area (Å²) in [7, 11) is 0. The van der Waals surface area contributed by atoms with E-state index >= 15 is 0 Å². The molecule has 0 saturated heterocycles. The molecular weight excluding hydrogens is 354 g/mol. The minimum atomic E-state index is -0.445. The normalized spacial score (nSPS) is 11.1. The van der Waals surface area contributed by atoms with Gasteiger partial charge < -0.3 is 4.42 Å². The highest BCUT2D eigenvalue weighted by Crippen LogP contribution is 2.25. The van der Waals surface area contributed by atoms with Gasteiger partial charge in [-0.3, -0.25) is 14.9 Å². The highest BCUT2D eigenvalue weighted by atomic mass is 16.6. The molecule has 1 aromatic heterocycles. The molecule has 0 radical (unpaired) electrons. The van der Waals surface area contributed by atoms with Gasteiger partial charge in [0.05, 0.1) is 4.92 Å². The smallest absolute Gasteiger partial charge is 0.269 e. The van der Waals surface area contributed by atoms with Crippen molar-refractivity contribution < 1.29 is 14.1 Å². The van der Waals surface area contributed by atoms with Gasteiger partial charge in [-0.2, -0.15) is 0 Å². The Kier molecular flexibility index (Phi) is 4.56. The lowest BCUT2D eigenvalue weighted by Crippen LogP contribution is -1.95. The van der Waals surface area contributed by atoms with Crippen LogP contribution in [0.2, 0.25) is 0 Å². The lowest BCUT2D eigenvalue weighted by Gasteiger charge is -2.02. The van der Waals surface area contributed by atoms with Crippen LogP contribution in [0, 0.1) is 10.1 Å². The third kappa shape index (κ3) is 3.46. The zero-order chi connectivity index (χ0) is 19.5. The third-order valence-electron chi connectivity index (χ3n) is 4.44. The molecule has 28 heavy (non-hydrogen) atoms. The lowest BCUT2D eigenvalue weighted by molar-refractivity contribution is -0.384. The predicted molar refractivity (Wildman–Crippen MR) is 108 cm³/mol. The topological polar surface area (TPSA) is 73.3 Å². The van der Waals surface area contributed by atoms with Gasteiger partial charge >= 0.3 is 0 Å². The molecule has 4 rings (SSSR count). The van der Waals surface area contributed by atoms with Crippen molar-refractivity contribution in [2.24, 2.45) is 0 Å². The van der Waals surface area contributed by atoms with Crippen LogP contribution in [0.15, 0.2) is 89.4 Å². The molecule has 0 amide bonds. The fourth-order valence-electron chi connectivity index (χ4n) is 3.03. The molecule has 4 aromatic rings. The zero-order valence-corrected chi connectivity index (χ0v) is 14.7. The van der Waals surface area contributed by atoms with Crippen LogP contribution < -0.4 is 0 Å². The van der Waals surface area contributed by atoms with Crippen LogP contribution in [0.3, 0.4) is 0 Å². The summed E-state index contributed by atoms with van der Waals surface area (Å²) in [5, 5.41) is 12.7. The Morgan fingerprint density at radius 1 is 0.893 bits per heavy atom. The molecule has 0 fully saturated rings. The molecule has 0 saturated carbocycles. The van der Waals surface area contributed by atoms with E-state index in [1.807, 2.05) is 36.4 Å². The van der Waals surface area contributed by atoms with Crippen molar-refractivity contribution in [2.75, 3.05) is 0 Å². The number of carbonyl (C=O) groups is 1. The fraction of sp³-hybridized carbons (Fsp3) is 0. The van der Waals surface area contributed by atoms with Gasteiger partial charge in [-0.1, -0.05) is 42.5 Å². The zero-order valence-electron chi connectivity index (χ0n) is 14.7. The summed E-state index contributed by atoms with van der Waals surface area (Å²) in [6, 6.07) is 23.0. The van der Waals surface area contributed by atoms with Crippen LogP contribution >= 0.6 is 0 Å². The minimum Gasteiger partial charge on any atom is -0.457 e. The summed E-state index contributed by atoms with van der Waals surface area (Å²) < 4.78 is 5.73. The maximum atomic E-state index is 12.6. The molecule has 0 spiro atoms. The molecule has 1 heterocycles. The van der Waals surface area contributed by atoms with E-state index in [9.17, 15) is 14.9 Å². The molecule has 5 heteroatoms. The van der Waals surface area contributed by atoms with Gasteiger partial charge in [0.2, 0.25) is 0 Å². The van der Waals surface area contributed by atoms with Gasteiger partial charge in [-0.25, -0.2) is 0 Å². The van der Waals surface area contributed by atoms with Crippen LogP contribution in [0.25, 0.3) is 28.2 Å². The standard InChI is InChI=1S/C23H15NO4/c25-22(21-7-3-5-16-4-1-2-6-20(16)21)14-12-19-13-15-23(28-19)17-8-10-18(11-9-17)24(26)27/h1-15H/b14-12+. The Morgan fingerprint density at radius 2 is 1.64 bits per heavy atom. The highest BCUT2D eigenvalue weighted by Gasteiger charge is 2.09. The molecule has 0 aliphatic heterocycles. The number of non-ortho nitro benzene ring substituents is 1. The number of hydrogen-bond acceptors (Lipinski definition) is 4. The number of hydrogen-bond donors (Lipinski definition) is 0. The molecule has 136 valence electrons. The summed E-state index contributed by atoms with van der Waals surface area (Å²) in [5.41, 5.74) is 1.39. The maximum absolute atomic E-state index is 12.6. The second-order valence-corrected chi connectivity index (χ2v) is 6.23. The largest absolute Gasteiger partial charge is 0.457 e. The first-order valence-corrected chi connectivity index (χ1v) is 8.67. The Labute approximate surface area is 160 Å². The van der Waals surface area contributed by atoms with E-state index < -0.39 is 4.92 Å². The fourth-order valence-corrected chi connectivity index (χ4v) is 3.03. The first kappa shape index (κ1) is 17.4. The van der Waals surface area contributed by atoms with E-state index in [1.165, 1.54) is 18.2 Å². The Morgan fingerprint density at radius 3 is 2.43 bits per heavy atom. The van der Waals surface area contributed by atoms with Gasteiger partial charge in [0, 0.05) is 23.3 Å². The molecular formula is C23H15NO4. The van der Waals surface area contributed by atoms with Gasteiger partial charge in [0.15, 0.2) is 5.78 Å². The van der Waals surface area contributed by atoms with E-state index in [2.05, 4.69) is 0 Å². The molecule has 0 N–H and O–H groups in total. The first-order valence-electron chi connectivity index (χ1n) is 8.67. The van der Waals surface area contributed by atoms with Gasteiger partial charge in [0.1, 0.15) is 11.5 Å². The summed E-state index contributed by atoms with van der Waals surface area (Å²) in [6.45, 7) is 0. The van der Waals surface area contributed by atoms with Crippen molar-refractivity contribution in [3.05, 3.63) is 106 Å². The van der Waals surface area contributed by atoms with Crippen LogP contribution in [0.1, 0.15) is 16.1 Å². The van der Waals surface area contributed by atoms with Gasteiger partial charge in [-0.05, 0) is 47.2 Å². The van der Waals surface area contributed by atoms with Crippen LogP contribution in [0.4, 0.5) is 5.69 Å². The van der Waals surface area contributed by atoms with Crippen LogP contribution in [0.5, 0.6) is 0 Å². The lowest BCUT2D eigenvalue weighted by atomic mass is 10.0. The number of nitrogens with zero attached hydrogens (tertiary/aromatic N) is 1. The quantitative estimate of drug-likeness (QED) is 0.190. The van der Waals surface area contributed by atoms with Crippen molar-refractivity contribution in [3.63, 3.8) is 0 Å². The summed E-state index contributed by atoms with van der Waals surface area (Å²) in [6.07, 6.45) is 3.11. The third-order valence-corrected chi connectivity index (χ3v) is 4.44. The summed E-state index contributed by atoms with van der Waals surface area (Å²) in [5.74, 6) is 0.999. The number of fused-ring (bicyclic) bond motifs is 1. The molecule has 0 aliphatic carbocycles. The second-order valence-electron chi connectivity index (χ2n) is 6.23. The van der Waals surface area contributed by atoms with E-state index in [1.54, 1.807) is 36.4 Å². The van der Waals surface area contributed by atoms with Gasteiger partial charge in [0.25, 0.3) is 5.69 Å². The number of allylic oxidation sites excluding steroid dienone is 1. The molecule has 0 bridgehead atoms. The highest BCUT2D eigenvalue weighted by molar-refractivity contribution is 6.14. The number of nitro groups is 1. The van der Waals surface area contributed by atoms with Crippen molar-refractivity contribution in [1.29, 1.82) is 0 Å². The SMILES string of the molecule is O=C(/C=C/c1ccc(-c2ccc([N+](=O)[O-])cc2)o1)c1cccc2ccccc12. The van der Waals surface area contributed by atoms with Crippen molar-refractivity contribution >= 4 is 28.3 Å². The summed E-state index contributed by atoms with van der Waals surface area (Å²) in [4.78, 5) is 22.9. The number of nitro benzene ring substituents is 1. The van der Waals surface area contributed by atoms with Gasteiger partial charge in [-0.15, -0.1) is 0 Å². The average Bonchev–Trinajstić information content (AvgIpc) is 3.20. The van der Waals surface area contributed by atoms with E-state index in [-0.39, 0.29) is 11.5 Å². The maximum Gasteiger partial charge on any atom is 0.269 e. The number of furan rings is 1. The van der Waals surface area contributed by atoms with Crippen molar-refractivity contribution in [1.82, 2.24) is 0 Å². The average molecular weight is 369 g/mol. The molecule has 0 aliphatic rings. The molecule has 5 nitrogen and oxygen atoms in total. The van der Waals surface area contributed by atoms with Crippen LogP contribution in [-0.4, -0.2) is 10.7 Å². The molecule has 3 aromatic carbocycles. The Balaban J connectivity index is 1.55. The van der Waals surface area contributed by atoms with Crippen molar-refractivity contribution in [2.45, 2.75) is 0 Å².